The van der Waals surface area contributed by atoms with Gasteiger partial charge in [-0.15, -0.1) is 0 Å². The summed E-state index contributed by atoms with van der Waals surface area (Å²) in [5, 5.41) is 18.3. The van der Waals surface area contributed by atoms with Crippen molar-refractivity contribution in [1.82, 2.24) is 10.4 Å². The van der Waals surface area contributed by atoms with Crippen molar-refractivity contribution in [3.63, 3.8) is 0 Å². The second-order valence-corrected chi connectivity index (χ2v) is 7.22. The van der Waals surface area contributed by atoms with Crippen LogP contribution >= 0.6 is 0 Å². The largest absolute Gasteiger partial charge is 0.416 e. The number of aliphatic hydroxyl groups excluding tert-OH is 1. The molecule has 1 fully saturated rings. The molecule has 0 spiro atoms. The van der Waals surface area contributed by atoms with Gasteiger partial charge < -0.3 is 10.0 Å². The van der Waals surface area contributed by atoms with Crippen LogP contribution < -0.4 is 10.4 Å². The smallest absolute Gasteiger partial charge is 0.394 e. The molecule has 0 aliphatic carbocycles. The van der Waals surface area contributed by atoms with Gasteiger partial charge in [0.2, 0.25) is 0 Å². The highest BCUT2D eigenvalue weighted by atomic mass is 19.4. The van der Waals surface area contributed by atoms with Crippen LogP contribution in [0.4, 0.5) is 23.7 Å². The zero-order valence-corrected chi connectivity index (χ0v) is 16.5. The van der Waals surface area contributed by atoms with E-state index >= 15 is 0 Å². The Labute approximate surface area is 176 Å². The Morgan fingerprint density at radius 1 is 1.10 bits per heavy atom. The Morgan fingerprint density at radius 3 is 2.29 bits per heavy atom. The average Bonchev–Trinajstić information content (AvgIpc) is 3.25. The number of aliphatic hydroxyl groups is 1. The molecule has 1 heterocycles. The SMILES string of the molecule is O=C(NO)c1ccc(CN(C(=O)N2CCC[C@@H]2CO)c2ccc(C(F)(F)F)cc2)cc1. The number of nitrogens with one attached hydrogen (secondary N) is 1. The Balaban J connectivity index is 1.90. The molecule has 3 N–H and O–H groups in total. The normalized spacial score (nSPS) is 16.3. The van der Waals surface area contributed by atoms with Gasteiger partial charge >= 0.3 is 12.2 Å². The van der Waals surface area contributed by atoms with Crippen molar-refractivity contribution in [2.75, 3.05) is 18.1 Å². The van der Waals surface area contributed by atoms with Gasteiger partial charge in [0.25, 0.3) is 5.91 Å². The van der Waals surface area contributed by atoms with Gasteiger partial charge in [-0.2, -0.15) is 13.2 Å². The molecule has 2 aromatic rings. The van der Waals surface area contributed by atoms with Crippen molar-refractivity contribution in [3.05, 3.63) is 65.2 Å². The van der Waals surface area contributed by atoms with Crippen LogP contribution in [-0.4, -0.2) is 46.3 Å². The quantitative estimate of drug-likeness (QED) is 0.494. The van der Waals surface area contributed by atoms with E-state index in [0.29, 0.717) is 18.5 Å². The lowest BCUT2D eigenvalue weighted by Crippen LogP contribution is -2.46. The molecular weight excluding hydrogens is 415 g/mol. The zero-order chi connectivity index (χ0) is 22.6. The van der Waals surface area contributed by atoms with Gasteiger partial charge in [-0.25, -0.2) is 10.3 Å². The monoisotopic (exact) mass is 437 g/mol. The first-order valence-corrected chi connectivity index (χ1v) is 9.64. The summed E-state index contributed by atoms with van der Waals surface area (Å²) in [4.78, 5) is 27.6. The molecule has 0 bridgehead atoms. The summed E-state index contributed by atoms with van der Waals surface area (Å²) in [6.07, 6.45) is -3.12. The predicted octanol–water partition coefficient (Wildman–Crippen LogP) is 3.41. The van der Waals surface area contributed by atoms with E-state index in [-0.39, 0.29) is 30.4 Å². The van der Waals surface area contributed by atoms with Gasteiger partial charge in [-0.3, -0.25) is 14.9 Å². The van der Waals surface area contributed by atoms with E-state index in [1.165, 1.54) is 39.5 Å². The van der Waals surface area contributed by atoms with Crippen molar-refractivity contribution in [3.8, 4) is 0 Å². The number of nitrogens with zero attached hydrogens (tertiary/aromatic N) is 2. The molecule has 10 heteroatoms. The number of amides is 3. The van der Waals surface area contributed by atoms with E-state index in [9.17, 15) is 27.9 Å². The predicted molar refractivity (Wildman–Crippen MR) is 106 cm³/mol. The lowest BCUT2D eigenvalue weighted by Gasteiger charge is -2.31. The fraction of sp³-hybridized carbons (Fsp3) is 0.333. The number of hydroxylamine groups is 1. The van der Waals surface area contributed by atoms with Crippen LogP contribution in [0.15, 0.2) is 48.5 Å². The first-order chi connectivity index (χ1) is 14.7. The third kappa shape index (κ3) is 5.15. The van der Waals surface area contributed by atoms with E-state index in [2.05, 4.69) is 0 Å². The van der Waals surface area contributed by atoms with Gasteiger partial charge in [-0.1, -0.05) is 12.1 Å². The lowest BCUT2D eigenvalue weighted by molar-refractivity contribution is -0.137. The topological polar surface area (TPSA) is 93.1 Å². The molecule has 0 radical (unpaired) electrons. The number of benzene rings is 2. The molecule has 7 nitrogen and oxygen atoms in total. The Morgan fingerprint density at radius 2 is 1.74 bits per heavy atom. The summed E-state index contributed by atoms with van der Waals surface area (Å²) in [6.45, 7) is 0.286. The van der Waals surface area contributed by atoms with E-state index in [4.69, 9.17) is 5.21 Å². The summed E-state index contributed by atoms with van der Waals surface area (Å²) in [6, 6.07) is 9.62. The average molecular weight is 437 g/mol. The van der Waals surface area contributed by atoms with Crippen molar-refractivity contribution >= 4 is 17.6 Å². The van der Waals surface area contributed by atoms with Crippen LogP contribution in [0.3, 0.4) is 0 Å². The fourth-order valence-corrected chi connectivity index (χ4v) is 3.54. The molecule has 1 aliphatic rings. The summed E-state index contributed by atoms with van der Waals surface area (Å²) in [5.74, 6) is -0.690. The number of rotatable bonds is 5. The molecule has 3 rings (SSSR count). The molecule has 31 heavy (non-hydrogen) atoms. The summed E-state index contributed by atoms with van der Waals surface area (Å²) in [5.41, 5.74) is 1.81. The number of hydrogen-bond donors (Lipinski definition) is 3. The molecule has 1 saturated heterocycles. The van der Waals surface area contributed by atoms with E-state index < -0.39 is 23.7 Å². The Kier molecular flexibility index (Phi) is 6.81. The highest BCUT2D eigenvalue weighted by molar-refractivity contribution is 5.94. The minimum atomic E-state index is -4.49. The number of anilines is 1. The number of likely N-dealkylation sites (tertiary alicyclic amines) is 1. The number of halogens is 3. The molecule has 0 aromatic heterocycles. The number of hydrogen-bond acceptors (Lipinski definition) is 4. The van der Waals surface area contributed by atoms with Crippen LogP contribution in [-0.2, 0) is 12.7 Å². The second-order valence-electron chi connectivity index (χ2n) is 7.22. The van der Waals surface area contributed by atoms with Gasteiger partial charge in [0.05, 0.1) is 24.8 Å². The third-order valence-corrected chi connectivity index (χ3v) is 5.23. The second kappa shape index (κ2) is 9.36. The molecule has 0 unspecified atom stereocenters. The number of carbonyl (C=O) groups is 2. The van der Waals surface area contributed by atoms with Crippen molar-refractivity contribution < 1.29 is 33.1 Å². The molecule has 166 valence electrons. The maximum absolute atomic E-state index is 13.2. The summed E-state index contributed by atoms with van der Waals surface area (Å²) in [7, 11) is 0. The maximum atomic E-state index is 13.2. The first kappa shape index (κ1) is 22.6. The van der Waals surface area contributed by atoms with Crippen molar-refractivity contribution in [1.29, 1.82) is 0 Å². The lowest BCUT2D eigenvalue weighted by atomic mass is 10.1. The minimum absolute atomic E-state index is 0.0415. The highest BCUT2D eigenvalue weighted by Crippen LogP contribution is 2.31. The zero-order valence-electron chi connectivity index (χ0n) is 16.5. The van der Waals surface area contributed by atoms with Crippen LogP contribution in [0.1, 0.15) is 34.3 Å². The Hall–Kier alpha value is -3.11. The molecule has 1 atom stereocenters. The van der Waals surface area contributed by atoms with Crippen LogP contribution in [0.25, 0.3) is 0 Å². The fourth-order valence-electron chi connectivity index (χ4n) is 3.54. The molecule has 1 aliphatic heterocycles. The van der Waals surface area contributed by atoms with E-state index in [1.54, 1.807) is 12.1 Å². The maximum Gasteiger partial charge on any atom is 0.416 e. The molecule has 2 aromatic carbocycles. The van der Waals surface area contributed by atoms with E-state index in [0.717, 1.165) is 18.6 Å². The number of carbonyl (C=O) groups excluding carboxylic acids is 2. The standard InChI is InChI=1S/C21H22F3N3O4/c22-21(23,24)16-7-9-17(10-8-16)27(20(30)26-11-1-2-18(26)13-28)12-14-3-5-15(6-4-14)19(29)25-31/h3-10,18,28,31H,1-2,11-13H2,(H,25,29)/t18-/m1/s1. The van der Waals surface area contributed by atoms with Crippen molar-refractivity contribution in [2.24, 2.45) is 0 Å². The molecule has 3 amide bonds. The number of alkyl halides is 3. The molecule has 0 saturated carbocycles. The van der Waals surface area contributed by atoms with Crippen LogP contribution in [0.2, 0.25) is 0 Å². The summed E-state index contributed by atoms with van der Waals surface area (Å²) >= 11 is 0. The van der Waals surface area contributed by atoms with Gasteiger partial charge in [0, 0.05) is 17.8 Å². The van der Waals surface area contributed by atoms with Crippen LogP contribution in [0, 0.1) is 0 Å². The third-order valence-electron chi connectivity index (χ3n) is 5.23. The molecular formula is C21H22F3N3O4. The van der Waals surface area contributed by atoms with Crippen LogP contribution in [0.5, 0.6) is 0 Å². The Bertz CT molecular complexity index is 917. The van der Waals surface area contributed by atoms with Gasteiger partial charge in [0.15, 0.2) is 0 Å². The van der Waals surface area contributed by atoms with E-state index in [1.807, 2.05) is 0 Å². The van der Waals surface area contributed by atoms with Gasteiger partial charge in [-0.05, 0) is 54.8 Å². The highest BCUT2D eigenvalue weighted by Gasteiger charge is 2.33. The van der Waals surface area contributed by atoms with Crippen molar-refractivity contribution in [2.45, 2.75) is 31.6 Å². The minimum Gasteiger partial charge on any atom is -0.394 e. The van der Waals surface area contributed by atoms with Gasteiger partial charge in [0.1, 0.15) is 0 Å². The summed E-state index contributed by atoms with van der Waals surface area (Å²) < 4.78 is 38.8. The first-order valence-electron chi connectivity index (χ1n) is 9.64. The number of urea groups is 1.